The molecule has 2 aromatic heterocycles. The van der Waals surface area contributed by atoms with Crippen LogP contribution in [0.5, 0.6) is 0 Å². The molecule has 9 heteroatoms. The van der Waals surface area contributed by atoms with Crippen molar-refractivity contribution in [2.24, 2.45) is 7.05 Å². The van der Waals surface area contributed by atoms with Crippen molar-refractivity contribution in [2.45, 2.75) is 26.1 Å². The van der Waals surface area contributed by atoms with Gasteiger partial charge in [0.15, 0.2) is 5.58 Å². The number of hydrogen-bond donors (Lipinski definition) is 2. The highest BCUT2D eigenvalue weighted by Gasteiger charge is 2.10. The second-order valence-electron chi connectivity index (χ2n) is 5.82. The van der Waals surface area contributed by atoms with Crippen LogP contribution in [-0.4, -0.2) is 22.7 Å². The summed E-state index contributed by atoms with van der Waals surface area (Å²) in [5, 5.41) is 8.34. The molecule has 2 heterocycles. The van der Waals surface area contributed by atoms with Crippen molar-refractivity contribution in [2.75, 3.05) is 7.11 Å². The highest BCUT2D eigenvalue weighted by molar-refractivity contribution is 7.09. The molecule has 8 nitrogen and oxygen atoms in total. The van der Waals surface area contributed by atoms with Crippen molar-refractivity contribution < 1.29 is 13.9 Å². The highest BCUT2D eigenvalue weighted by Crippen LogP contribution is 2.20. The number of carbonyl (C=O) groups is 1. The van der Waals surface area contributed by atoms with E-state index in [0.29, 0.717) is 24.2 Å². The lowest BCUT2D eigenvalue weighted by atomic mass is 10.2. The number of rotatable bonds is 6. The molecule has 0 radical (unpaired) electrons. The molecule has 1 aromatic carbocycles. The molecule has 2 amide bonds. The number of ether oxygens (including phenoxy) is 1. The number of aryl methyl sites for hydroxylation is 1. The molecule has 0 spiro atoms. The third-order valence-corrected chi connectivity index (χ3v) is 5.06. The van der Waals surface area contributed by atoms with Crippen LogP contribution in [0, 0.1) is 0 Å². The van der Waals surface area contributed by atoms with Gasteiger partial charge in [0.05, 0.1) is 17.8 Å². The van der Waals surface area contributed by atoms with E-state index >= 15 is 0 Å². The molecule has 1 atom stereocenters. The van der Waals surface area contributed by atoms with E-state index in [1.54, 1.807) is 20.2 Å². The fraction of sp³-hybridized carbons (Fsp3) is 0.353. The first kappa shape index (κ1) is 18.2. The molecule has 3 aromatic rings. The Kier molecular flexibility index (Phi) is 5.38. The van der Waals surface area contributed by atoms with Gasteiger partial charge in [-0.3, -0.25) is 4.57 Å². The van der Waals surface area contributed by atoms with E-state index in [1.165, 1.54) is 15.9 Å². The molecule has 0 bridgehead atoms. The monoisotopic (exact) mass is 376 g/mol. The number of amides is 2. The normalized spacial score (nSPS) is 12.3. The van der Waals surface area contributed by atoms with E-state index in [9.17, 15) is 9.59 Å². The number of oxazole rings is 1. The van der Waals surface area contributed by atoms with Gasteiger partial charge >= 0.3 is 11.8 Å². The van der Waals surface area contributed by atoms with E-state index in [4.69, 9.17) is 9.15 Å². The van der Waals surface area contributed by atoms with Crippen molar-refractivity contribution in [1.29, 1.82) is 0 Å². The third-order valence-electron chi connectivity index (χ3n) is 4.01. The predicted octanol–water partition coefficient (Wildman–Crippen LogP) is 2.29. The summed E-state index contributed by atoms with van der Waals surface area (Å²) in [6, 6.07) is 5.06. The van der Waals surface area contributed by atoms with Crippen molar-refractivity contribution in [3.8, 4) is 0 Å². The molecule has 1 unspecified atom stereocenters. The minimum absolute atomic E-state index is 0.0589. The molecule has 0 saturated heterocycles. The number of nitrogens with zero attached hydrogens (tertiary/aromatic N) is 2. The van der Waals surface area contributed by atoms with Crippen LogP contribution in [0.15, 0.2) is 32.8 Å². The molecule has 26 heavy (non-hydrogen) atoms. The quantitative estimate of drug-likeness (QED) is 0.688. The van der Waals surface area contributed by atoms with Gasteiger partial charge in [-0.2, -0.15) is 0 Å². The Bertz CT molecular complexity index is 975. The summed E-state index contributed by atoms with van der Waals surface area (Å²) in [5.41, 5.74) is 2.88. The fourth-order valence-electron chi connectivity index (χ4n) is 2.39. The second kappa shape index (κ2) is 7.71. The maximum absolute atomic E-state index is 12.0. The summed E-state index contributed by atoms with van der Waals surface area (Å²) in [4.78, 5) is 27.9. The lowest BCUT2D eigenvalue weighted by molar-refractivity contribution is 0.119. The van der Waals surface area contributed by atoms with Gasteiger partial charge in [0, 0.05) is 26.1 Å². The van der Waals surface area contributed by atoms with E-state index in [1.807, 2.05) is 24.4 Å². The van der Waals surface area contributed by atoms with Crippen molar-refractivity contribution in [3.05, 3.63) is 50.4 Å². The van der Waals surface area contributed by atoms with Crippen LogP contribution in [0.1, 0.15) is 29.3 Å². The van der Waals surface area contributed by atoms with E-state index in [0.717, 1.165) is 16.3 Å². The van der Waals surface area contributed by atoms with Crippen LogP contribution in [0.25, 0.3) is 11.1 Å². The summed E-state index contributed by atoms with van der Waals surface area (Å²) in [7, 11) is 3.28. The zero-order chi connectivity index (χ0) is 18.7. The Labute approximate surface area is 153 Å². The molecule has 0 saturated carbocycles. The topological polar surface area (TPSA) is 98.4 Å². The van der Waals surface area contributed by atoms with Gasteiger partial charge in [0.25, 0.3) is 0 Å². The van der Waals surface area contributed by atoms with Crippen LogP contribution in [0.2, 0.25) is 0 Å². The van der Waals surface area contributed by atoms with E-state index in [-0.39, 0.29) is 12.1 Å². The van der Waals surface area contributed by atoms with Gasteiger partial charge < -0.3 is 19.8 Å². The maximum Gasteiger partial charge on any atom is 0.419 e. The minimum atomic E-state index is -0.409. The molecule has 0 aliphatic carbocycles. The van der Waals surface area contributed by atoms with Gasteiger partial charge in [-0.25, -0.2) is 14.6 Å². The Balaban J connectivity index is 1.53. The van der Waals surface area contributed by atoms with Crippen LogP contribution in [0.3, 0.4) is 0 Å². The number of methoxy groups -OCH3 is 1. The first-order valence-corrected chi connectivity index (χ1v) is 8.93. The van der Waals surface area contributed by atoms with Crippen molar-refractivity contribution >= 4 is 28.5 Å². The summed E-state index contributed by atoms with van der Waals surface area (Å²) in [5.74, 6) is -0.409. The Morgan fingerprint density at radius 2 is 2.15 bits per heavy atom. The third kappa shape index (κ3) is 3.94. The predicted molar refractivity (Wildman–Crippen MR) is 98.1 cm³/mol. The number of urea groups is 1. The smallest absolute Gasteiger partial charge is 0.408 e. The fourth-order valence-corrected chi connectivity index (χ4v) is 3.24. The molecule has 0 aliphatic heterocycles. The van der Waals surface area contributed by atoms with Gasteiger partial charge in [-0.1, -0.05) is 6.07 Å². The van der Waals surface area contributed by atoms with Gasteiger partial charge in [0.1, 0.15) is 11.1 Å². The summed E-state index contributed by atoms with van der Waals surface area (Å²) >= 11 is 1.50. The van der Waals surface area contributed by atoms with E-state index in [2.05, 4.69) is 15.6 Å². The highest BCUT2D eigenvalue weighted by atomic mass is 32.1. The zero-order valence-corrected chi connectivity index (χ0v) is 15.6. The minimum Gasteiger partial charge on any atom is -0.408 e. The Morgan fingerprint density at radius 1 is 1.38 bits per heavy atom. The lowest BCUT2D eigenvalue weighted by Gasteiger charge is -2.07. The molecule has 138 valence electrons. The number of thiazole rings is 1. The zero-order valence-electron chi connectivity index (χ0n) is 14.7. The number of benzene rings is 1. The van der Waals surface area contributed by atoms with E-state index < -0.39 is 5.76 Å². The maximum atomic E-state index is 12.0. The van der Waals surface area contributed by atoms with Gasteiger partial charge in [-0.15, -0.1) is 11.3 Å². The SMILES string of the molecule is COC(C)c1nc(CNC(=O)NCc2ccc3oc(=O)n(C)c3c2)cs1. The molecule has 3 rings (SSSR count). The number of hydrogen-bond acceptors (Lipinski definition) is 6. The number of nitrogens with one attached hydrogen (secondary N) is 2. The summed E-state index contributed by atoms with van der Waals surface area (Å²) in [6.07, 6.45) is -0.0589. The molecule has 0 aliphatic rings. The van der Waals surface area contributed by atoms with Crippen molar-refractivity contribution in [3.63, 3.8) is 0 Å². The largest absolute Gasteiger partial charge is 0.419 e. The Morgan fingerprint density at radius 3 is 2.92 bits per heavy atom. The molecular weight excluding hydrogens is 356 g/mol. The summed E-state index contributed by atoms with van der Waals surface area (Å²) in [6.45, 7) is 2.60. The molecule has 2 N–H and O–H groups in total. The van der Waals surface area contributed by atoms with Crippen LogP contribution >= 0.6 is 11.3 Å². The average Bonchev–Trinajstić information content (AvgIpc) is 3.23. The van der Waals surface area contributed by atoms with Gasteiger partial charge in [-0.05, 0) is 24.6 Å². The first-order chi connectivity index (χ1) is 12.5. The number of carbonyl (C=O) groups excluding carboxylic acids is 1. The number of aromatic nitrogens is 2. The van der Waals surface area contributed by atoms with Gasteiger partial charge in [0.2, 0.25) is 0 Å². The Hall–Kier alpha value is -2.65. The van der Waals surface area contributed by atoms with Crippen LogP contribution in [-0.2, 0) is 24.9 Å². The second-order valence-corrected chi connectivity index (χ2v) is 6.71. The first-order valence-electron chi connectivity index (χ1n) is 8.05. The van der Waals surface area contributed by atoms with Crippen LogP contribution < -0.4 is 16.4 Å². The number of fused-ring (bicyclic) bond motifs is 1. The summed E-state index contributed by atoms with van der Waals surface area (Å²) < 4.78 is 11.7. The lowest BCUT2D eigenvalue weighted by Crippen LogP contribution is -2.34. The molecule has 0 fully saturated rings. The van der Waals surface area contributed by atoms with Crippen LogP contribution in [0.4, 0.5) is 4.79 Å². The van der Waals surface area contributed by atoms with Crippen molar-refractivity contribution in [1.82, 2.24) is 20.2 Å². The molecular formula is C17H20N4O4S. The standard InChI is InChI=1S/C17H20N4O4S/c1-10(24-3)15-20-12(9-26-15)8-19-16(22)18-7-11-4-5-14-13(6-11)21(2)17(23)25-14/h4-6,9-10H,7-8H2,1-3H3,(H2,18,19,22). The average molecular weight is 376 g/mol.